The van der Waals surface area contributed by atoms with Crippen molar-refractivity contribution >= 4 is 21.5 Å². The van der Waals surface area contributed by atoms with Crippen LogP contribution in [0.1, 0.15) is 11.1 Å². The highest BCUT2D eigenvalue weighted by atomic mass is 32.2. The van der Waals surface area contributed by atoms with Gasteiger partial charge in [-0.1, -0.05) is 6.07 Å². The third-order valence-corrected chi connectivity index (χ3v) is 4.10. The van der Waals surface area contributed by atoms with E-state index >= 15 is 0 Å². The second-order valence-electron chi connectivity index (χ2n) is 4.30. The van der Waals surface area contributed by atoms with E-state index in [0.29, 0.717) is 16.8 Å². The SMILES string of the molecule is Cc1ccc(C#N)cc1NS(=O)(=O)c1cn(C)nc1N. The van der Waals surface area contributed by atoms with Gasteiger partial charge < -0.3 is 5.73 Å². The highest BCUT2D eigenvalue weighted by molar-refractivity contribution is 7.92. The summed E-state index contributed by atoms with van der Waals surface area (Å²) in [6, 6.07) is 6.72. The fourth-order valence-electron chi connectivity index (χ4n) is 1.69. The lowest BCUT2D eigenvalue weighted by molar-refractivity contribution is 0.601. The monoisotopic (exact) mass is 291 g/mol. The lowest BCUT2D eigenvalue weighted by atomic mass is 10.1. The number of nitrogen functional groups attached to an aromatic ring is 1. The molecule has 0 unspecified atom stereocenters. The minimum atomic E-state index is -3.84. The van der Waals surface area contributed by atoms with Gasteiger partial charge in [0.1, 0.15) is 4.90 Å². The molecule has 0 aliphatic rings. The van der Waals surface area contributed by atoms with Crippen molar-refractivity contribution < 1.29 is 8.42 Å². The number of nitrogens with zero attached hydrogens (tertiary/aromatic N) is 3. The predicted octanol–water partition coefficient (Wildman–Crippen LogP) is 0.983. The second kappa shape index (κ2) is 4.86. The fraction of sp³-hybridized carbons (Fsp3) is 0.167. The van der Waals surface area contributed by atoms with E-state index in [-0.39, 0.29) is 10.7 Å². The Balaban J connectivity index is 2.44. The fourth-order valence-corrected chi connectivity index (χ4v) is 2.92. The van der Waals surface area contributed by atoms with Crippen molar-refractivity contribution in [3.8, 4) is 6.07 Å². The third kappa shape index (κ3) is 2.57. The van der Waals surface area contributed by atoms with Gasteiger partial charge in [0.25, 0.3) is 10.0 Å². The van der Waals surface area contributed by atoms with E-state index < -0.39 is 10.0 Å². The van der Waals surface area contributed by atoms with Gasteiger partial charge >= 0.3 is 0 Å². The van der Waals surface area contributed by atoms with Crippen molar-refractivity contribution in [1.82, 2.24) is 9.78 Å². The molecule has 0 atom stereocenters. The van der Waals surface area contributed by atoms with E-state index in [0.717, 1.165) is 0 Å². The average Bonchev–Trinajstić information content (AvgIpc) is 2.72. The average molecular weight is 291 g/mol. The number of nitrogens with one attached hydrogen (secondary N) is 1. The molecule has 0 amide bonds. The summed E-state index contributed by atoms with van der Waals surface area (Å²) < 4.78 is 28.3. The molecule has 7 nitrogen and oxygen atoms in total. The maximum Gasteiger partial charge on any atom is 0.267 e. The number of sulfonamides is 1. The van der Waals surface area contributed by atoms with Gasteiger partial charge in [-0.3, -0.25) is 9.40 Å². The lowest BCUT2D eigenvalue weighted by Crippen LogP contribution is -2.14. The molecule has 8 heteroatoms. The Labute approximate surface area is 116 Å². The Bertz CT molecular complexity index is 802. The highest BCUT2D eigenvalue weighted by Gasteiger charge is 2.21. The van der Waals surface area contributed by atoms with Gasteiger partial charge in [0.05, 0.1) is 17.3 Å². The number of anilines is 2. The Morgan fingerprint density at radius 3 is 2.70 bits per heavy atom. The van der Waals surface area contributed by atoms with Gasteiger partial charge in [-0.2, -0.15) is 10.4 Å². The lowest BCUT2D eigenvalue weighted by Gasteiger charge is -2.09. The van der Waals surface area contributed by atoms with Crippen LogP contribution < -0.4 is 10.5 Å². The summed E-state index contributed by atoms with van der Waals surface area (Å²) in [4.78, 5) is -0.0956. The van der Waals surface area contributed by atoms with Gasteiger partial charge in [-0.05, 0) is 24.6 Å². The Morgan fingerprint density at radius 2 is 2.15 bits per heavy atom. The first kappa shape index (κ1) is 13.9. The van der Waals surface area contributed by atoms with Gasteiger partial charge in [-0.15, -0.1) is 0 Å². The van der Waals surface area contributed by atoms with Crippen molar-refractivity contribution in [2.45, 2.75) is 11.8 Å². The van der Waals surface area contributed by atoms with Gasteiger partial charge in [0.15, 0.2) is 5.82 Å². The molecule has 3 N–H and O–H groups in total. The molecule has 104 valence electrons. The molecule has 0 fully saturated rings. The molecule has 1 aromatic heterocycles. The van der Waals surface area contributed by atoms with E-state index in [9.17, 15) is 8.42 Å². The first-order valence-electron chi connectivity index (χ1n) is 5.66. The topological polar surface area (TPSA) is 114 Å². The minimum Gasteiger partial charge on any atom is -0.381 e. The van der Waals surface area contributed by atoms with Crippen molar-refractivity contribution in [3.63, 3.8) is 0 Å². The Kier molecular flexibility index (Phi) is 3.38. The molecule has 0 spiro atoms. The maximum atomic E-state index is 12.3. The number of nitriles is 1. The number of aryl methyl sites for hydroxylation is 2. The number of hydrogen-bond acceptors (Lipinski definition) is 5. The summed E-state index contributed by atoms with van der Waals surface area (Å²) in [6.45, 7) is 1.74. The van der Waals surface area contributed by atoms with Crippen LogP contribution in [0.2, 0.25) is 0 Å². The van der Waals surface area contributed by atoms with Gasteiger partial charge in [0, 0.05) is 13.2 Å². The zero-order valence-corrected chi connectivity index (χ0v) is 11.8. The molecule has 1 heterocycles. The van der Waals surface area contributed by atoms with Crippen molar-refractivity contribution in [3.05, 3.63) is 35.5 Å². The molecule has 0 bridgehead atoms. The molecule has 0 saturated heterocycles. The molecule has 2 aromatic rings. The van der Waals surface area contributed by atoms with E-state index in [2.05, 4.69) is 9.82 Å². The molecular formula is C12H13N5O2S. The molecule has 1 aromatic carbocycles. The van der Waals surface area contributed by atoms with Crippen molar-refractivity contribution in [2.24, 2.45) is 7.05 Å². The summed E-state index contributed by atoms with van der Waals surface area (Å²) in [5.41, 5.74) is 6.98. The van der Waals surface area contributed by atoms with Crippen molar-refractivity contribution in [2.75, 3.05) is 10.5 Å². The van der Waals surface area contributed by atoms with Crippen LogP contribution in [0.3, 0.4) is 0 Å². The highest BCUT2D eigenvalue weighted by Crippen LogP contribution is 2.23. The van der Waals surface area contributed by atoms with Crippen LogP contribution in [0.5, 0.6) is 0 Å². The standard InChI is InChI=1S/C12H13N5O2S/c1-8-3-4-9(6-13)5-10(8)16-20(18,19)11-7-17(2)15-12(11)14/h3-5,7,16H,1-2H3,(H2,14,15). The summed E-state index contributed by atoms with van der Waals surface area (Å²) in [5.74, 6) is -0.0749. The number of hydrogen-bond donors (Lipinski definition) is 2. The number of aromatic nitrogens is 2. The number of nitrogens with two attached hydrogens (primary N) is 1. The van der Waals surface area contributed by atoms with Crippen LogP contribution in [0.15, 0.2) is 29.3 Å². The molecule has 0 aliphatic heterocycles. The first-order chi connectivity index (χ1) is 9.33. The third-order valence-electron chi connectivity index (χ3n) is 2.72. The van der Waals surface area contributed by atoms with E-state index in [1.807, 2.05) is 6.07 Å². The molecule has 0 aliphatic carbocycles. The molecule has 2 rings (SSSR count). The summed E-state index contributed by atoms with van der Waals surface area (Å²) in [7, 11) is -2.26. The Morgan fingerprint density at radius 1 is 1.45 bits per heavy atom. The van der Waals surface area contributed by atoms with Crippen LogP contribution in [0.25, 0.3) is 0 Å². The zero-order valence-electron chi connectivity index (χ0n) is 11.0. The summed E-state index contributed by atoms with van der Waals surface area (Å²) in [5, 5.41) is 12.7. The molecule has 0 radical (unpaired) electrons. The molecular weight excluding hydrogens is 278 g/mol. The van der Waals surface area contributed by atoms with E-state index in [4.69, 9.17) is 11.0 Å². The van der Waals surface area contributed by atoms with Crippen LogP contribution in [0.4, 0.5) is 11.5 Å². The maximum absolute atomic E-state index is 12.3. The number of rotatable bonds is 3. The van der Waals surface area contributed by atoms with Crippen LogP contribution in [-0.4, -0.2) is 18.2 Å². The summed E-state index contributed by atoms with van der Waals surface area (Å²) >= 11 is 0. The summed E-state index contributed by atoms with van der Waals surface area (Å²) in [6.07, 6.45) is 1.32. The minimum absolute atomic E-state index is 0.0749. The van der Waals surface area contributed by atoms with E-state index in [1.54, 1.807) is 26.1 Å². The van der Waals surface area contributed by atoms with Gasteiger partial charge in [-0.25, -0.2) is 8.42 Å². The number of benzene rings is 1. The van der Waals surface area contributed by atoms with E-state index in [1.165, 1.54) is 16.9 Å². The molecule has 20 heavy (non-hydrogen) atoms. The largest absolute Gasteiger partial charge is 0.381 e. The zero-order chi connectivity index (χ0) is 14.9. The predicted molar refractivity (Wildman–Crippen MR) is 74.3 cm³/mol. The van der Waals surface area contributed by atoms with Crippen LogP contribution in [0, 0.1) is 18.3 Å². The quantitative estimate of drug-likeness (QED) is 0.875. The smallest absolute Gasteiger partial charge is 0.267 e. The first-order valence-corrected chi connectivity index (χ1v) is 7.14. The van der Waals surface area contributed by atoms with Crippen LogP contribution in [-0.2, 0) is 17.1 Å². The van der Waals surface area contributed by atoms with Crippen LogP contribution >= 0.6 is 0 Å². The normalized spacial score (nSPS) is 11.1. The molecule has 0 saturated carbocycles. The Hall–Kier alpha value is -2.53. The van der Waals surface area contributed by atoms with Gasteiger partial charge in [0.2, 0.25) is 0 Å². The second-order valence-corrected chi connectivity index (χ2v) is 5.95. The van der Waals surface area contributed by atoms with Crippen molar-refractivity contribution in [1.29, 1.82) is 5.26 Å².